The van der Waals surface area contributed by atoms with Gasteiger partial charge in [0.2, 0.25) is 5.91 Å². The molecule has 3 amide bonds. The zero-order valence-corrected chi connectivity index (χ0v) is 16.4. The topological polar surface area (TPSA) is 77.6 Å². The Labute approximate surface area is 161 Å². The smallest absolute Gasteiger partial charge is 0.317 e. The lowest BCUT2D eigenvalue weighted by Gasteiger charge is -2.40. The van der Waals surface area contributed by atoms with Crippen molar-refractivity contribution in [2.75, 3.05) is 39.3 Å². The summed E-state index contributed by atoms with van der Waals surface area (Å²) in [5.74, 6) is 0.449. The van der Waals surface area contributed by atoms with E-state index in [0.717, 1.165) is 38.0 Å². The second-order valence-electron chi connectivity index (χ2n) is 7.90. The SMILES string of the molecule is CC(C)CNC(=O)N1CCCC(C(=O)N2CCNCC2c2cccnc2)C1. The van der Waals surface area contributed by atoms with Crippen LogP contribution in [0.15, 0.2) is 24.5 Å². The molecule has 3 rings (SSSR count). The van der Waals surface area contributed by atoms with Gasteiger partial charge in [-0.1, -0.05) is 19.9 Å². The maximum Gasteiger partial charge on any atom is 0.317 e. The minimum absolute atomic E-state index is 0.00472. The van der Waals surface area contributed by atoms with Gasteiger partial charge in [0.15, 0.2) is 0 Å². The number of carbonyl (C=O) groups is 2. The summed E-state index contributed by atoms with van der Waals surface area (Å²) >= 11 is 0. The molecule has 2 N–H and O–H groups in total. The van der Waals surface area contributed by atoms with Crippen LogP contribution in [0.3, 0.4) is 0 Å². The highest BCUT2D eigenvalue weighted by Crippen LogP contribution is 2.26. The molecule has 2 saturated heterocycles. The van der Waals surface area contributed by atoms with Gasteiger partial charge in [-0.3, -0.25) is 9.78 Å². The van der Waals surface area contributed by atoms with E-state index in [2.05, 4.69) is 29.5 Å². The number of likely N-dealkylation sites (tertiary alicyclic amines) is 1. The standard InChI is InChI=1S/C20H31N5O2/c1-15(2)11-23-20(27)24-9-4-6-17(14-24)19(26)25-10-8-22-13-18(25)16-5-3-7-21-12-16/h3,5,7,12,15,17-18,22H,4,6,8-11,13-14H2,1-2H3,(H,23,27). The summed E-state index contributed by atoms with van der Waals surface area (Å²) < 4.78 is 0. The summed E-state index contributed by atoms with van der Waals surface area (Å²) in [7, 11) is 0. The van der Waals surface area contributed by atoms with E-state index >= 15 is 0 Å². The number of piperidine rings is 1. The molecule has 0 saturated carbocycles. The highest BCUT2D eigenvalue weighted by atomic mass is 16.2. The van der Waals surface area contributed by atoms with Gasteiger partial charge in [-0.15, -0.1) is 0 Å². The molecule has 148 valence electrons. The molecule has 0 aliphatic carbocycles. The van der Waals surface area contributed by atoms with Crippen LogP contribution in [0.2, 0.25) is 0 Å². The van der Waals surface area contributed by atoms with Gasteiger partial charge >= 0.3 is 6.03 Å². The summed E-state index contributed by atoms with van der Waals surface area (Å²) in [5, 5.41) is 6.35. The number of nitrogens with one attached hydrogen (secondary N) is 2. The van der Waals surface area contributed by atoms with Crippen LogP contribution in [0.1, 0.15) is 38.3 Å². The molecule has 1 aromatic heterocycles. The first kappa shape index (κ1) is 19.6. The molecule has 0 aromatic carbocycles. The molecule has 2 aliphatic heterocycles. The number of nitrogens with zero attached hydrogens (tertiary/aromatic N) is 3. The first-order chi connectivity index (χ1) is 13.1. The number of carbonyl (C=O) groups excluding carboxylic acids is 2. The average Bonchev–Trinajstić information content (AvgIpc) is 2.72. The fraction of sp³-hybridized carbons (Fsp3) is 0.650. The highest BCUT2D eigenvalue weighted by molar-refractivity contribution is 5.81. The minimum Gasteiger partial charge on any atom is -0.338 e. The Balaban J connectivity index is 1.65. The van der Waals surface area contributed by atoms with Crippen LogP contribution in [0.4, 0.5) is 4.79 Å². The first-order valence-electron chi connectivity index (χ1n) is 10.00. The Morgan fingerprint density at radius 2 is 2.22 bits per heavy atom. The summed E-state index contributed by atoms with van der Waals surface area (Å²) in [4.78, 5) is 33.7. The Kier molecular flexibility index (Phi) is 6.66. The number of piperazine rings is 1. The molecule has 0 spiro atoms. The van der Waals surface area contributed by atoms with Crippen LogP contribution in [0.25, 0.3) is 0 Å². The number of amides is 3. The molecule has 2 atom stereocenters. The Morgan fingerprint density at radius 3 is 2.96 bits per heavy atom. The van der Waals surface area contributed by atoms with Crippen molar-refractivity contribution >= 4 is 11.9 Å². The second-order valence-corrected chi connectivity index (χ2v) is 7.90. The molecule has 27 heavy (non-hydrogen) atoms. The van der Waals surface area contributed by atoms with E-state index in [1.165, 1.54) is 0 Å². The quantitative estimate of drug-likeness (QED) is 0.841. The third kappa shape index (κ3) is 4.97. The van der Waals surface area contributed by atoms with Crippen LogP contribution < -0.4 is 10.6 Å². The molecule has 0 bridgehead atoms. The highest BCUT2D eigenvalue weighted by Gasteiger charge is 2.35. The summed E-state index contributed by atoms with van der Waals surface area (Å²) in [6, 6.07) is 3.89. The fourth-order valence-corrected chi connectivity index (χ4v) is 3.84. The summed E-state index contributed by atoms with van der Waals surface area (Å²) in [6.45, 7) is 8.27. The normalized spacial score (nSPS) is 23.4. The summed E-state index contributed by atoms with van der Waals surface area (Å²) in [6.07, 6.45) is 5.30. The van der Waals surface area contributed by atoms with Crippen LogP contribution in [-0.4, -0.2) is 66.0 Å². The van der Waals surface area contributed by atoms with E-state index < -0.39 is 0 Å². The van der Waals surface area contributed by atoms with Gasteiger partial charge in [-0.2, -0.15) is 0 Å². The van der Waals surface area contributed by atoms with Crippen molar-refractivity contribution in [2.24, 2.45) is 11.8 Å². The average molecular weight is 374 g/mol. The van der Waals surface area contributed by atoms with E-state index in [0.29, 0.717) is 25.6 Å². The van der Waals surface area contributed by atoms with Crippen molar-refractivity contribution in [1.82, 2.24) is 25.4 Å². The van der Waals surface area contributed by atoms with E-state index in [4.69, 9.17) is 0 Å². The monoisotopic (exact) mass is 373 g/mol. The van der Waals surface area contributed by atoms with Crippen molar-refractivity contribution < 1.29 is 9.59 Å². The van der Waals surface area contributed by atoms with Crippen molar-refractivity contribution in [3.8, 4) is 0 Å². The van der Waals surface area contributed by atoms with E-state index in [1.54, 1.807) is 11.1 Å². The van der Waals surface area contributed by atoms with Gasteiger partial charge in [0.25, 0.3) is 0 Å². The van der Waals surface area contributed by atoms with Gasteiger partial charge in [0.05, 0.1) is 12.0 Å². The molecule has 2 fully saturated rings. The molecule has 1 aromatic rings. The maximum atomic E-state index is 13.3. The van der Waals surface area contributed by atoms with Crippen LogP contribution in [0, 0.1) is 11.8 Å². The van der Waals surface area contributed by atoms with E-state index in [1.807, 2.05) is 23.2 Å². The molecule has 3 heterocycles. The molecule has 2 unspecified atom stereocenters. The molecular formula is C20H31N5O2. The maximum absolute atomic E-state index is 13.3. The van der Waals surface area contributed by atoms with Crippen molar-refractivity contribution in [3.63, 3.8) is 0 Å². The lowest BCUT2D eigenvalue weighted by atomic mass is 9.94. The van der Waals surface area contributed by atoms with Gasteiger partial charge < -0.3 is 20.4 Å². The zero-order valence-electron chi connectivity index (χ0n) is 16.4. The van der Waals surface area contributed by atoms with Crippen molar-refractivity contribution in [3.05, 3.63) is 30.1 Å². The summed E-state index contributed by atoms with van der Waals surface area (Å²) in [5.41, 5.74) is 1.06. The molecule has 7 heteroatoms. The predicted octanol–water partition coefficient (Wildman–Crippen LogP) is 1.63. The zero-order chi connectivity index (χ0) is 19.2. The largest absolute Gasteiger partial charge is 0.338 e. The van der Waals surface area contributed by atoms with E-state index in [-0.39, 0.29) is 23.9 Å². The number of hydrogen-bond acceptors (Lipinski definition) is 4. The van der Waals surface area contributed by atoms with Crippen LogP contribution in [-0.2, 0) is 4.79 Å². The third-order valence-corrected chi connectivity index (χ3v) is 5.32. The van der Waals surface area contributed by atoms with Crippen LogP contribution in [0.5, 0.6) is 0 Å². The van der Waals surface area contributed by atoms with E-state index in [9.17, 15) is 9.59 Å². The number of urea groups is 1. The Morgan fingerprint density at radius 1 is 1.37 bits per heavy atom. The predicted molar refractivity (Wildman–Crippen MR) is 104 cm³/mol. The lowest BCUT2D eigenvalue weighted by molar-refractivity contribution is -0.140. The Hall–Kier alpha value is -2.15. The Bertz CT molecular complexity index is 637. The van der Waals surface area contributed by atoms with Crippen molar-refractivity contribution in [1.29, 1.82) is 0 Å². The van der Waals surface area contributed by atoms with Gasteiger partial charge in [-0.25, -0.2) is 4.79 Å². The van der Waals surface area contributed by atoms with Gasteiger partial charge in [0, 0.05) is 51.7 Å². The lowest BCUT2D eigenvalue weighted by Crippen LogP contribution is -2.54. The first-order valence-corrected chi connectivity index (χ1v) is 10.00. The fourth-order valence-electron chi connectivity index (χ4n) is 3.84. The molecule has 0 radical (unpaired) electrons. The van der Waals surface area contributed by atoms with Gasteiger partial charge in [0.1, 0.15) is 0 Å². The van der Waals surface area contributed by atoms with Crippen LogP contribution >= 0.6 is 0 Å². The molecule has 2 aliphatic rings. The van der Waals surface area contributed by atoms with Crippen molar-refractivity contribution in [2.45, 2.75) is 32.7 Å². The molecular weight excluding hydrogens is 342 g/mol. The minimum atomic E-state index is -0.124. The number of hydrogen-bond donors (Lipinski definition) is 2. The van der Waals surface area contributed by atoms with Gasteiger partial charge in [-0.05, 0) is 30.4 Å². The molecule has 7 nitrogen and oxygen atoms in total. The number of aromatic nitrogens is 1. The third-order valence-electron chi connectivity index (χ3n) is 5.32. The number of rotatable bonds is 4. The number of pyridine rings is 1. The second kappa shape index (κ2) is 9.17.